The summed E-state index contributed by atoms with van der Waals surface area (Å²) >= 11 is 0. The number of rotatable bonds is 2. The van der Waals surface area contributed by atoms with Gasteiger partial charge in [0.25, 0.3) is 0 Å². The number of ether oxygens (including phenoxy) is 2. The monoisotopic (exact) mass is 272 g/mol. The van der Waals surface area contributed by atoms with Crippen LogP contribution in [0.15, 0.2) is 24.3 Å². The molecule has 1 spiro atoms. The van der Waals surface area contributed by atoms with Crippen LogP contribution in [0.3, 0.4) is 0 Å². The van der Waals surface area contributed by atoms with Crippen LogP contribution in [0.25, 0.3) is 0 Å². The normalized spacial score (nSPS) is 29.3. The summed E-state index contributed by atoms with van der Waals surface area (Å²) in [6.45, 7) is 2.27. The summed E-state index contributed by atoms with van der Waals surface area (Å²) in [5, 5.41) is 9.25. The number of hydrogen-bond donors (Lipinski definition) is 0. The molecule has 1 aromatic rings. The van der Waals surface area contributed by atoms with E-state index in [2.05, 4.69) is 18.0 Å². The lowest BCUT2D eigenvalue weighted by Gasteiger charge is -2.41. The van der Waals surface area contributed by atoms with E-state index in [4.69, 9.17) is 9.47 Å². The van der Waals surface area contributed by atoms with Gasteiger partial charge in [-0.15, -0.1) is 0 Å². The topological polar surface area (TPSA) is 45.5 Å². The lowest BCUT2D eigenvalue weighted by molar-refractivity contribution is -0.0855. The van der Waals surface area contributed by atoms with Crippen molar-refractivity contribution in [2.75, 3.05) is 31.8 Å². The molecule has 2 fully saturated rings. The summed E-state index contributed by atoms with van der Waals surface area (Å²) in [5.41, 5.74) is 1.65. The van der Waals surface area contributed by atoms with Crippen LogP contribution in [-0.4, -0.2) is 38.5 Å². The molecule has 2 aliphatic rings. The maximum atomic E-state index is 9.25. The van der Waals surface area contributed by atoms with Crippen LogP contribution < -0.4 is 4.90 Å². The fraction of sp³-hybridized carbons (Fsp3) is 0.562. The Bertz CT molecular complexity index is 517. The highest BCUT2D eigenvalue weighted by molar-refractivity contribution is 5.59. The fourth-order valence-electron chi connectivity index (χ4n) is 3.27. The molecule has 20 heavy (non-hydrogen) atoms. The van der Waals surface area contributed by atoms with Crippen LogP contribution in [0.2, 0.25) is 0 Å². The van der Waals surface area contributed by atoms with Crippen molar-refractivity contribution in [1.29, 1.82) is 5.26 Å². The maximum absolute atomic E-state index is 9.25. The molecular formula is C16H20N2O2. The van der Waals surface area contributed by atoms with E-state index in [-0.39, 0.29) is 5.60 Å². The number of nitriles is 1. The molecule has 0 saturated carbocycles. The van der Waals surface area contributed by atoms with Gasteiger partial charge in [0, 0.05) is 32.7 Å². The minimum atomic E-state index is -0.0984. The average molecular weight is 272 g/mol. The molecule has 0 aromatic heterocycles. The largest absolute Gasteiger partial charge is 0.378 e. The minimum Gasteiger partial charge on any atom is -0.378 e. The van der Waals surface area contributed by atoms with E-state index in [0.29, 0.717) is 12.6 Å². The summed E-state index contributed by atoms with van der Waals surface area (Å²) in [7, 11) is 2.08. The first-order valence-electron chi connectivity index (χ1n) is 7.18. The second-order valence-corrected chi connectivity index (χ2v) is 5.72. The molecule has 2 saturated heterocycles. The number of hydrogen-bond acceptors (Lipinski definition) is 4. The van der Waals surface area contributed by atoms with Gasteiger partial charge < -0.3 is 14.4 Å². The van der Waals surface area contributed by atoms with Gasteiger partial charge in [-0.3, -0.25) is 0 Å². The third-order valence-electron chi connectivity index (χ3n) is 4.49. The summed E-state index contributed by atoms with van der Waals surface area (Å²) < 4.78 is 11.5. The van der Waals surface area contributed by atoms with E-state index >= 15 is 0 Å². The SMILES string of the molecule is CN(c1ccccc1C#N)C1CCOC2(CCOC2)C1. The van der Waals surface area contributed by atoms with E-state index in [1.165, 1.54) is 0 Å². The summed E-state index contributed by atoms with van der Waals surface area (Å²) in [5.74, 6) is 0. The van der Waals surface area contributed by atoms with E-state index in [9.17, 15) is 5.26 Å². The predicted molar refractivity (Wildman–Crippen MR) is 76.7 cm³/mol. The van der Waals surface area contributed by atoms with Gasteiger partial charge in [0.15, 0.2) is 0 Å². The molecule has 4 nitrogen and oxygen atoms in total. The molecule has 3 rings (SSSR count). The van der Waals surface area contributed by atoms with Crippen LogP contribution in [0.5, 0.6) is 0 Å². The van der Waals surface area contributed by atoms with Crippen molar-refractivity contribution in [2.45, 2.75) is 30.9 Å². The van der Waals surface area contributed by atoms with Gasteiger partial charge in [-0.05, 0) is 25.0 Å². The Hall–Kier alpha value is -1.57. The first kappa shape index (κ1) is 13.4. The van der Waals surface area contributed by atoms with Crippen molar-refractivity contribution in [3.8, 4) is 6.07 Å². The number of nitrogens with zero attached hydrogens (tertiary/aromatic N) is 2. The first-order chi connectivity index (χ1) is 9.74. The van der Waals surface area contributed by atoms with Crippen LogP contribution in [0.4, 0.5) is 5.69 Å². The van der Waals surface area contributed by atoms with Crippen molar-refractivity contribution >= 4 is 5.69 Å². The van der Waals surface area contributed by atoms with E-state index < -0.39 is 0 Å². The molecule has 2 aliphatic heterocycles. The molecule has 0 radical (unpaired) electrons. The number of para-hydroxylation sites is 1. The van der Waals surface area contributed by atoms with Crippen molar-refractivity contribution < 1.29 is 9.47 Å². The molecule has 0 aliphatic carbocycles. The van der Waals surface area contributed by atoms with Gasteiger partial charge in [0.1, 0.15) is 6.07 Å². The zero-order valence-corrected chi connectivity index (χ0v) is 11.8. The van der Waals surface area contributed by atoms with Gasteiger partial charge in [-0.1, -0.05) is 12.1 Å². The van der Waals surface area contributed by atoms with Crippen molar-refractivity contribution in [3.05, 3.63) is 29.8 Å². The second kappa shape index (κ2) is 5.43. The highest BCUT2D eigenvalue weighted by atomic mass is 16.6. The Morgan fingerprint density at radius 3 is 2.95 bits per heavy atom. The Morgan fingerprint density at radius 2 is 2.20 bits per heavy atom. The quantitative estimate of drug-likeness (QED) is 0.829. The fourth-order valence-corrected chi connectivity index (χ4v) is 3.27. The zero-order valence-electron chi connectivity index (χ0n) is 11.8. The molecule has 2 heterocycles. The average Bonchev–Trinajstić information content (AvgIpc) is 2.94. The Kier molecular flexibility index (Phi) is 3.64. The van der Waals surface area contributed by atoms with Crippen LogP contribution in [0, 0.1) is 11.3 Å². The Balaban J connectivity index is 1.80. The third kappa shape index (κ3) is 2.39. The van der Waals surface area contributed by atoms with Crippen molar-refractivity contribution in [3.63, 3.8) is 0 Å². The molecule has 106 valence electrons. The van der Waals surface area contributed by atoms with E-state index in [1.54, 1.807) is 0 Å². The Labute approximate surface area is 119 Å². The summed E-state index contributed by atoms with van der Waals surface area (Å²) in [6.07, 6.45) is 2.96. The highest BCUT2D eigenvalue weighted by Gasteiger charge is 2.42. The molecule has 2 unspecified atom stereocenters. The Morgan fingerprint density at radius 1 is 1.35 bits per heavy atom. The van der Waals surface area contributed by atoms with Gasteiger partial charge in [-0.2, -0.15) is 5.26 Å². The highest BCUT2D eigenvalue weighted by Crippen LogP contribution is 2.36. The second-order valence-electron chi connectivity index (χ2n) is 5.72. The molecule has 0 N–H and O–H groups in total. The molecule has 2 atom stereocenters. The van der Waals surface area contributed by atoms with Crippen LogP contribution in [-0.2, 0) is 9.47 Å². The van der Waals surface area contributed by atoms with E-state index in [0.717, 1.165) is 43.7 Å². The lowest BCUT2D eigenvalue weighted by atomic mass is 9.88. The molecule has 4 heteroatoms. The maximum Gasteiger partial charge on any atom is 0.101 e. The molecule has 0 bridgehead atoms. The first-order valence-corrected chi connectivity index (χ1v) is 7.18. The zero-order chi connectivity index (χ0) is 14.0. The van der Waals surface area contributed by atoms with E-state index in [1.807, 2.05) is 24.3 Å². The summed E-state index contributed by atoms with van der Waals surface area (Å²) in [6, 6.07) is 10.5. The van der Waals surface area contributed by atoms with Gasteiger partial charge in [0.05, 0.1) is 23.5 Å². The lowest BCUT2D eigenvalue weighted by Crippen LogP contribution is -2.48. The van der Waals surface area contributed by atoms with Gasteiger partial charge >= 0.3 is 0 Å². The molecular weight excluding hydrogens is 252 g/mol. The predicted octanol–water partition coefficient (Wildman–Crippen LogP) is 2.33. The minimum absolute atomic E-state index is 0.0984. The molecule has 0 amide bonds. The number of benzene rings is 1. The van der Waals surface area contributed by atoms with Crippen molar-refractivity contribution in [1.82, 2.24) is 0 Å². The number of anilines is 1. The van der Waals surface area contributed by atoms with Gasteiger partial charge in [-0.25, -0.2) is 0 Å². The smallest absolute Gasteiger partial charge is 0.101 e. The van der Waals surface area contributed by atoms with Gasteiger partial charge in [0.2, 0.25) is 0 Å². The summed E-state index contributed by atoms with van der Waals surface area (Å²) in [4.78, 5) is 2.24. The van der Waals surface area contributed by atoms with Crippen molar-refractivity contribution in [2.24, 2.45) is 0 Å². The standard InChI is InChI=1S/C16H20N2O2/c1-18(15-5-3-2-4-13(15)11-17)14-6-8-20-16(10-14)7-9-19-12-16/h2-5,14H,6-10,12H2,1H3. The van der Waals surface area contributed by atoms with Crippen LogP contribution in [0.1, 0.15) is 24.8 Å². The van der Waals surface area contributed by atoms with Crippen LogP contribution >= 0.6 is 0 Å². The molecule has 1 aromatic carbocycles. The third-order valence-corrected chi connectivity index (χ3v) is 4.49.